The number of fused-ring (bicyclic) bond motifs is 1. The van der Waals surface area contributed by atoms with Gasteiger partial charge in [0.1, 0.15) is 5.15 Å². The van der Waals surface area contributed by atoms with Gasteiger partial charge in [0.05, 0.1) is 9.99 Å². The maximum absolute atomic E-state index is 5.94. The van der Waals surface area contributed by atoms with Crippen molar-refractivity contribution in [2.45, 2.75) is 19.8 Å². The van der Waals surface area contributed by atoms with E-state index in [9.17, 15) is 0 Å². The van der Waals surface area contributed by atoms with Gasteiger partial charge in [0.2, 0.25) is 0 Å². The summed E-state index contributed by atoms with van der Waals surface area (Å²) in [5, 5.41) is 1.58. The molecule has 15 heavy (non-hydrogen) atoms. The van der Waals surface area contributed by atoms with Gasteiger partial charge < -0.3 is 0 Å². The number of halogens is 2. The molecule has 2 aromatic heterocycles. The first-order chi connectivity index (χ1) is 7.22. The molecule has 0 saturated heterocycles. The SMILES string of the molecule is CCCc1nccc2nc(Cl)c(Br)cc12. The van der Waals surface area contributed by atoms with Gasteiger partial charge in [-0.3, -0.25) is 4.98 Å². The highest BCUT2D eigenvalue weighted by molar-refractivity contribution is 9.10. The third-order valence-corrected chi connectivity index (χ3v) is 3.34. The third-order valence-electron chi connectivity index (χ3n) is 2.22. The molecule has 4 heteroatoms. The zero-order chi connectivity index (χ0) is 10.8. The van der Waals surface area contributed by atoms with E-state index in [2.05, 4.69) is 32.8 Å². The second-order valence-corrected chi connectivity index (χ2v) is 4.55. The summed E-state index contributed by atoms with van der Waals surface area (Å²) in [6.45, 7) is 2.14. The van der Waals surface area contributed by atoms with E-state index in [0.29, 0.717) is 5.15 Å². The summed E-state index contributed by atoms with van der Waals surface area (Å²) in [6.07, 6.45) is 3.82. The zero-order valence-corrected chi connectivity index (χ0v) is 10.6. The van der Waals surface area contributed by atoms with E-state index in [4.69, 9.17) is 11.6 Å². The van der Waals surface area contributed by atoms with Gasteiger partial charge in [0.15, 0.2) is 0 Å². The van der Waals surface area contributed by atoms with E-state index in [-0.39, 0.29) is 0 Å². The van der Waals surface area contributed by atoms with Crippen LogP contribution in [0.5, 0.6) is 0 Å². The van der Waals surface area contributed by atoms with Gasteiger partial charge in [0.25, 0.3) is 0 Å². The quantitative estimate of drug-likeness (QED) is 0.780. The van der Waals surface area contributed by atoms with Gasteiger partial charge in [-0.25, -0.2) is 4.98 Å². The first kappa shape index (κ1) is 10.8. The van der Waals surface area contributed by atoms with E-state index in [1.807, 2.05) is 12.1 Å². The minimum absolute atomic E-state index is 0.496. The predicted molar refractivity (Wildman–Crippen MR) is 66.2 cm³/mol. The van der Waals surface area contributed by atoms with E-state index in [1.54, 1.807) is 6.20 Å². The maximum atomic E-state index is 5.94. The average Bonchev–Trinajstić information content (AvgIpc) is 2.21. The molecule has 78 valence electrons. The molecule has 0 spiro atoms. The molecule has 0 atom stereocenters. The highest BCUT2D eigenvalue weighted by Gasteiger charge is 2.06. The molecule has 2 heterocycles. The molecule has 0 aliphatic rings. The van der Waals surface area contributed by atoms with Crippen LogP contribution in [-0.2, 0) is 6.42 Å². The molecule has 0 unspecified atom stereocenters. The Morgan fingerprint density at radius 1 is 1.47 bits per heavy atom. The molecule has 0 fully saturated rings. The first-order valence-corrected chi connectivity index (χ1v) is 5.99. The Hall–Kier alpha value is -0.670. The van der Waals surface area contributed by atoms with Crippen LogP contribution in [0.1, 0.15) is 19.0 Å². The van der Waals surface area contributed by atoms with Crippen LogP contribution in [0, 0.1) is 0 Å². The van der Waals surface area contributed by atoms with Crippen LogP contribution in [0.25, 0.3) is 10.9 Å². The van der Waals surface area contributed by atoms with E-state index >= 15 is 0 Å². The standard InChI is InChI=1S/C11H10BrClN2/c1-2-3-9-7-6-8(12)11(13)15-10(7)4-5-14-9/h4-6H,2-3H2,1H3. The van der Waals surface area contributed by atoms with Gasteiger partial charge in [-0.05, 0) is 34.5 Å². The molecule has 0 saturated carbocycles. The average molecular weight is 286 g/mol. The van der Waals surface area contributed by atoms with Gasteiger partial charge in [-0.2, -0.15) is 0 Å². The number of aryl methyl sites for hydroxylation is 1. The first-order valence-electron chi connectivity index (χ1n) is 4.82. The summed E-state index contributed by atoms with van der Waals surface area (Å²) in [5.41, 5.74) is 1.99. The lowest BCUT2D eigenvalue weighted by Gasteiger charge is -2.05. The molecular weight excluding hydrogens is 275 g/mol. The molecule has 0 aromatic carbocycles. The maximum Gasteiger partial charge on any atom is 0.143 e. The predicted octanol–water partition coefficient (Wildman–Crippen LogP) is 4.00. The van der Waals surface area contributed by atoms with Crippen molar-refractivity contribution in [3.63, 3.8) is 0 Å². The Morgan fingerprint density at radius 2 is 2.27 bits per heavy atom. The zero-order valence-electron chi connectivity index (χ0n) is 8.30. The molecule has 2 aromatic rings. The monoisotopic (exact) mass is 284 g/mol. The van der Waals surface area contributed by atoms with E-state index < -0.39 is 0 Å². The summed E-state index contributed by atoms with van der Waals surface area (Å²) in [6, 6.07) is 3.87. The number of hydrogen-bond donors (Lipinski definition) is 0. The van der Waals surface area contributed by atoms with Crippen LogP contribution in [0.2, 0.25) is 5.15 Å². The van der Waals surface area contributed by atoms with Crippen molar-refractivity contribution in [2.75, 3.05) is 0 Å². The third kappa shape index (κ3) is 2.13. The molecule has 0 aliphatic carbocycles. The number of rotatable bonds is 2. The summed E-state index contributed by atoms with van der Waals surface area (Å²) >= 11 is 9.32. The van der Waals surface area contributed by atoms with Crippen molar-refractivity contribution in [3.8, 4) is 0 Å². The Balaban J connectivity index is 2.68. The van der Waals surface area contributed by atoms with Crippen LogP contribution in [-0.4, -0.2) is 9.97 Å². The van der Waals surface area contributed by atoms with E-state index in [1.165, 1.54) is 0 Å². The normalized spacial score (nSPS) is 10.9. The van der Waals surface area contributed by atoms with E-state index in [0.717, 1.165) is 33.9 Å². The number of nitrogens with zero attached hydrogens (tertiary/aromatic N) is 2. The lowest BCUT2D eigenvalue weighted by Crippen LogP contribution is -1.92. The molecule has 0 aliphatic heterocycles. The lowest BCUT2D eigenvalue weighted by atomic mass is 10.1. The van der Waals surface area contributed by atoms with Gasteiger partial charge in [-0.15, -0.1) is 0 Å². The van der Waals surface area contributed by atoms with Crippen LogP contribution in [0.3, 0.4) is 0 Å². The second kappa shape index (κ2) is 4.45. The van der Waals surface area contributed by atoms with Crippen molar-refractivity contribution >= 4 is 38.4 Å². The summed E-state index contributed by atoms with van der Waals surface area (Å²) in [5.74, 6) is 0. The molecule has 0 N–H and O–H groups in total. The molecular formula is C11H10BrClN2. The van der Waals surface area contributed by atoms with Gasteiger partial charge in [0, 0.05) is 17.3 Å². The summed E-state index contributed by atoms with van der Waals surface area (Å²) < 4.78 is 0.821. The molecule has 2 rings (SSSR count). The summed E-state index contributed by atoms with van der Waals surface area (Å²) in [7, 11) is 0. The number of aromatic nitrogens is 2. The van der Waals surface area contributed by atoms with Gasteiger partial charge >= 0.3 is 0 Å². The highest BCUT2D eigenvalue weighted by atomic mass is 79.9. The summed E-state index contributed by atoms with van der Waals surface area (Å²) in [4.78, 5) is 8.66. The minimum atomic E-state index is 0.496. The fourth-order valence-corrected chi connectivity index (χ4v) is 2.00. The Labute approximate surface area is 102 Å². The lowest BCUT2D eigenvalue weighted by molar-refractivity contribution is 0.892. The van der Waals surface area contributed by atoms with Crippen LogP contribution >= 0.6 is 27.5 Å². The topological polar surface area (TPSA) is 25.8 Å². The smallest absolute Gasteiger partial charge is 0.143 e. The van der Waals surface area contributed by atoms with Crippen molar-refractivity contribution < 1.29 is 0 Å². The number of pyridine rings is 2. The molecule has 0 radical (unpaired) electrons. The largest absolute Gasteiger partial charge is 0.261 e. The van der Waals surface area contributed by atoms with Crippen molar-refractivity contribution in [2.24, 2.45) is 0 Å². The van der Waals surface area contributed by atoms with Crippen molar-refractivity contribution in [3.05, 3.63) is 33.6 Å². The highest BCUT2D eigenvalue weighted by Crippen LogP contribution is 2.26. The van der Waals surface area contributed by atoms with Crippen molar-refractivity contribution in [1.82, 2.24) is 9.97 Å². The van der Waals surface area contributed by atoms with Crippen LogP contribution in [0.4, 0.5) is 0 Å². The fraction of sp³-hybridized carbons (Fsp3) is 0.273. The molecule has 2 nitrogen and oxygen atoms in total. The van der Waals surface area contributed by atoms with Crippen LogP contribution < -0.4 is 0 Å². The fourth-order valence-electron chi connectivity index (χ4n) is 1.54. The molecule has 0 bridgehead atoms. The Morgan fingerprint density at radius 3 is 3.00 bits per heavy atom. The van der Waals surface area contributed by atoms with Crippen molar-refractivity contribution in [1.29, 1.82) is 0 Å². The minimum Gasteiger partial charge on any atom is -0.261 e. The van der Waals surface area contributed by atoms with Crippen LogP contribution in [0.15, 0.2) is 22.8 Å². The molecule has 0 amide bonds. The number of hydrogen-bond acceptors (Lipinski definition) is 2. The van der Waals surface area contributed by atoms with Gasteiger partial charge in [-0.1, -0.05) is 24.9 Å². The Bertz CT molecular complexity index is 499. The second-order valence-electron chi connectivity index (χ2n) is 3.34. The Kier molecular flexibility index (Phi) is 3.22.